The number of carbonyl (C=O) groups is 2. The van der Waals surface area contributed by atoms with Gasteiger partial charge in [-0.15, -0.1) is 0 Å². The van der Waals surface area contributed by atoms with Crippen molar-refractivity contribution >= 4 is 23.4 Å². The Hall–Kier alpha value is -2.60. The van der Waals surface area contributed by atoms with E-state index in [1.807, 2.05) is 0 Å². The van der Waals surface area contributed by atoms with Crippen LogP contribution in [0.25, 0.3) is 0 Å². The Bertz CT molecular complexity index is 700. The van der Waals surface area contributed by atoms with Gasteiger partial charge in [0.2, 0.25) is 0 Å². The number of halogens is 1. The van der Waals surface area contributed by atoms with E-state index in [1.54, 1.807) is 24.3 Å². The summed E-state index contributed by atoms with van der Waals surface area (Å²) < 4.78 is 5.46. The van der Waals surface area contributed by atoms with E-state index < -0.39 is 11.8 Å². The van der Waals surface area contributed by atoms with E-state index in [0.717, 1.165) is 0 Å². The number of hydrogen-bond acceptors (Lipinski definition) is 5. The SMILES string of the molecule is O=C(O)CCC(=O)c1ncc(Oc2ccc(Cl)cc2)cc1O. The standard InChI is InChI=1S/C15H12ClNO5/c16-9-1-3-10(4-2-9)22-11-7-13(19)15(17-8-11)12(18)5-6-14(20)21/h1-4,7-8,19H,5-6H2,(H,20,21). The summed E-state index contributed by atoms with van der Waals surface area (Å²) in [7, 11) is 0. The fourth-order valence-electron chi connectivity index (χ4n) is 1.68. The number of pyridine rings is 1. The molecule has 2 N–H and O–H groups in total. The number of carboxylic acids is 1. The lowest BCUT2D eigenvalue weighted by atomic mass is 10.1. The number of aliphatic carboxylic acids is 1. The van der Waals surface area contributed by atoms with Crippen molar-refractivity contribution in [2.24, 2.45) is 0 Å². The van der Waals surface area contributed by atoms with Gasteiger partial charge in [-0.05, 0) is 24.3 Å². The highest BCUT2D eigenvalue weighted by molar-refractivity contribution is 6.30. The molecule has 0 unspecified atom stereocenters. The molecular weight excluding hydrogens is 310 g/mol. The van der Waals surface area contributed by atoms with E-state index in [1.165, 1.54) is 12.3 Å². The first-order chi connectivity index (χ1) is 10.5. The molecule has 1 aromatic carbocycles. The first-order valence-corrected chi connectivity index (χ1v) is 6.71. The van der Waals surface area contributed by atoms with Gasteiger partial charge >= 0.3 is 5.97 Å². The van der Waals surface area contributed by atoms with Gasteiger partial charge in [0.15, 0.2) is 5.78 Å². The van der Waals surface area contributed by atoms with Crippen molar-refractivity contribution < 1.29 is 24.5 Å². The molecule has 0 amide bonds. The molecule has 6 nitrogen and oxygen atoms in total. The quantitative estimate of drug-likeness (QED) is 0.792. The Morgan fingerprint density at radius 2 is 1.82 bits per heavy atom. The van der Waals surface area contributed by atoms with Crippen LogP contribution in [0.2, 0.25) is 5.02 Å². The second-order valence-corrected chi connectivity index (χ2v) is 4.85. The van der Waals surface area contributed by atoms with E-state index in [4.69, 9.17) is 21.4 Å². The van der Waals surface area contributed by atoms with E-state index in [0.29, 0.717) is 10.8 Å². The Kier molecular flexibility index (Phi) is 4.95. The van der Waals surface area contributed by atoms with Crippen LogP contribution in [0.4, 0.5) is 0 Å². The maximum atomic E-state index is 11.7. The predicted octanol–water partition coefficient (Wildman–Crippen LogP) is 3.28. The number of Topliss-reactive ketones (excluding diaryl/α,β-unsaturated/α-hetero) is 1. The first-order valence-electron chi connectivity index (χ1n) is 6.33. The first kappa shape index (κ1) is 15.8. The lowest BCUT2D eigenvalue weighted by molar-refractivity contribution is -0.136. The van der Waals surface area contributed by atoms with Crippen molar-refractivity contribution in [1.82, 2.24) is 4.98 Å². The van der Waals surface area contributed by atoms with Gasteiger partial charge in [-0.3, -0.25) is 9.59 Å². The molecule has 0 aliphatic rings. The number of carboxylic acid groups (broad SMARTS) is 1. The Morgan fingerprint density at radius 1 is 1.14 bits per heavy atom. The van der Waals surface area contributed by atoms with Crippen LogP contribution in [0, 0.1) is 0 Å². The number of ether oxygens (including phenoxy) is 1. The number of rotatable bonds is 6. The molecule has 0 spiro atoms. The highest BCUT2D eigenvalue weighted by Crippen LogP contribution is 2.27. The van der Waals surface area contributed by atoms with Crippen LogP contribution >= 0.6 is 11.6 Å². The molecule has 1 aromatic heterocycles. The molecule has 0 aliphatic heterocycles. The van der Waals surface area contributed by atoms with E-state index in [2.05, 4.69) is 4.98 Å². The van der Waals surface area contributed by atoms with Gasteiger partial charge in [-0.1, -0.05) is 11.6 Å². The summed E-state index contributed by atoms with van der Waals surface area (Å²) in [4.78, 5) is 26.0. The van der Waals surface area contributed by atoms with E-state index in [9.17, 15) is 14.7 Å². The Morgan fingerprint density at radius 3 is 2.41 bits per heavy atom. The van der Waals surface area contributed by atoms with Gasteiger partial charge in [-0.25, -0.2) is 4.98 Å². The maximum Gasteiger partial charge on any atom is 0.303 e. The fraction of sp³-hybridized carbons (Fsp3) is 0.133. The smallest absolute Gasteiger partial charge is 0.303 e. The van der Waals surface area contributed by atoms with Crippen molar-refractivity contribution in [3.63, 3.8) is 0 Å². The number of nitrogens with zero attached hydrogens (tertiary/aromatic N) is 1. The lowest BCUT2D eigenvalue weighted by Gasteiger charge is -2.07. The van der Waals surface area contributed by atoms with Gasteiger partial charge in [0.25, 0.3) is 0 Å². The number of carbonyl (C=O) groups excluding carboxylic acids is 1. The number of benzene rings is 1. The molecule has 2 aromatic rings. The van der Waals surface area contributed by atoms with Gasteiger partial charge in [0, 0.05) is 17.5 Å². The molecule has 1 heterocycles. The molecule has 0 radical (unpaired) electrons. The Balaban J connectivity index is 2.10. The normalized spacial score (nSPS) is 10.2. The zero-order chi connectivity index (χ0) is 16.1. The van der Waals surface area contributed by atoms with Crippen molar-refractivity contribution in [1.29, 1.82) is 0 Å². The lowest BCUT2D eigenvalue weighted by Crippen LogP contribution is -2.06. The minimum absolute atomic E-state index is 0.176. The molecule has 7 heteroatoms. The van der Waals surface area contributed by atoms with E-state index >= 15 is 0 Å². The van der Waals surface area contributed by atoms with Crippen LogP contribution in [-0.2, 0) is 4.79 Å². The third-order valence-electron chi connectivity index (χ3n) is 2.72. The van der Waals surface area contributed by atoms with Crippen molar-refractivity contribution in [3.05, 3.63) is 47.2 Å². The molecule has 2 rings (SSSR count). The average molecular weight is 322 g/mol. The third-order valence-corrected chi connectivity index (χ3v) is 2.97. The molecule has 0 aliphatic carbocycles. The van der Waals surface area contributed by atoms with Crippen molar-refractivity contribution in [3.8, 4) is 17.2 Å². The second kappa shape index (κ2) is 6.91. The average Bonchev–Trinajstić information content (AvgIpc) is 2.47. The van der Waals surface area contributed by atoms with Crippen molar-refractivity contribution in [2.45, 2.75) is 12.8 Å². The molecule has 0 fully saturated rings. The minimum Gasteiger partial charge on any atom is -0.505 e. The minimum atomic E-state index is -1.09. The summed E-state index contributed by atoms with van der Waals surface area (Å²) in [5.74, 6) is -1.25. The van der Waals surface area contributed by atoms with E-state index in [-0.39, 0.29) is 30.0 Å². The number of aromatic nitrogens is 1. The second-order valence-electron chi connectivity index (χ2n) is 4.41. The van der Waals surface area contributed by atoms with Crippen LogP contribution in [0.3, 0.4) is 0 Å². The van der Waals surface area contributed by atoms with Crippen LogP contribution in [0.5, 0.6) is 17.2 Å². The topological polar surface area (TPSA) is 96.7 Å². The molecular formula is C15H12ClNO5. The predicted molar refractivity (Wildman–Crippen MR) is 78.6 cm³/mol. The van der Waals surface area contributed by atoms with Gasteiger partial charge < -0.3 is 14.9 Å². The zero-order valence-electron chi connectivity index (χ0n) is 11.3. The molecule has 0 saturated heterocycles. The highest BCUT2D eigenvalue weighted by Gasteiger charge is 2.15. The zero-order valence-corrected chi connectivity index (χ0v) is 12.1. The Labute approximate surface area is 130 Å². The summed E-state index contributed by atoms with van der Waals surface area (Å²) in [6.45, 7) is 0. The van der Waals surface area contributed by atoms with Crippen LogP contribution in [0.1, 0.15) is 23.3 Å². The highest BCUT2D eigenvalue weighted by atomic mass is 35.5. The van der Waals surface area contributed by atoms with Gasteiger partial charge in [0.05, 0.1) is 12.6 Å². The van der Waals surface area contributed by atoms with Crippen LogP contribution in [0.15, 0.2) is 36.5 Å². The summed E-state index contributed by atoms with van der Waals surface area (Å²) in [5.41, 5.74) is -0.176. The summed E-state index contributed by atoms with van der Waals surface area (Å²) in [6.07, 6.45) is 0.735. The molecule has 0 saturated carbocycles. The van der Waals surface area contributed by atoms with Crippen molar-refractivity contribution in [2.75, 3.05) is 0 Å². The number of ketones is 1. The number of hydrogen-bond donors (Lipinski definition) is 2. The summed E-state index contributed by atoms with van der Waals surface area (Å²) in [5, 5.41) is 18.9. The van der Waals surface area contributed by atoms with Crippen LogP contribution < -0.4 is 4.74 Å². The summed E-state index contributed by atoms with van der Waals surface area (Å²) in [6, 6.07) is 7.83. The largest absolute Gasteiger partial charge is 0.505 e. The molecule has 114 valence electrons. The fourth-order valence-corrected chi connectivity index (χ4v) is 1.81. The molecule has 0 atom stereocenters. The maximum absolute atomic E-state index is 11.7. The molecule has 0 bridgehead atoms. The van der Waals surface area contributed by atoms with Gasteiger partial charge in [0.1, 0.15) is 22.9 Å². The number of aromatic hydroxyl groups is 1. The molecule has 22 heavy (non-hydrogen) atoms. The van der Waals surface area contributed by atoms with Crippen LogP contribution in [-0.4, -0.2) is 26.9 Å². The third kappa shape index (κ3) is 4.20. The summed E-state index contributed by atoms with van der Waals surface area (Å²) >= 11 is 5.76. The monoisotopic (exact) mass is 321 g/mol. The van der Waals surface area contributed by atoms with Gasteiger partial charge in [-0.2, -0.15) is 0 Å².